The number of carbonyl (C=O) groups is 1. The first-order valence-corrected chi connectivity index (χ1v) is 8.69. The molecule has 4 N–H and O–H groups in total. The average Bonchev–Trinajstić information content (AvgIpc) is 3.07. The number of carbonyl (C=O) groups excluding carboxylic acids is 1. The number of amides is 2. The van der Waals surface area contributed by atoms with Crippen molar-refractivity contribution in [1.29, 1.82) is 0 Å². The van der Waals surface area contributed by atoms with E-state index in [0.717, 1.165) is 44.6 Å². The van der Waals surface area contributed by atoms with E-state index in [-0.39, 0.29) is 6.03 Å². The minimum Gasteiger partial charge on any atom is -0.357 e. The number of aromatic nitrogens is 2. The van der Waals surface area contributed by atoms with Crippen molar-refractivity contribution in [3.05, 3.63) is 58.9 Å². The van der Waals surface area contributed by atoms with Gasteiger partial charge in [-0.2, -0.15) is 0 Å². The number of urea groups is 1. The summed E-state index contributed by atoms with van der Waals surface area (Å²) in [6.07, 6.45) is 0. The molecule has 0 saturated heterocycles. The highest BCUT2D eigenvalue weighted by Gasteiger charge is 2.13. The fraction of sp³-hybridized carbons (Fsp3) is 0.190. The number of hydrogen-bond acceptors (Lipinski definition) is 1. The van der Waals surface area contributed by atoms with Crippen LogP contribution in [0.25, 0.3) is 21.8 Å². The van der Waals surface area contributed by atoms with E-state index < -0.39 is 0 Å². The van der Waals surface area contributed by atoms with Gasteiger partial charge < -0.3 is 20.6 Å². The van der Waals surface area contributed by atoms with Gasteiger partial charge in [-0.25, -0.2) is 4.79 Å². The molecule has 132 valence electrons. The second-order valence-electron chi connectivity index (χ2n) is 6.79. The van der Waals surface area contributed by atoms with Gasteiger partial charge in [0.25, 0.3) is 0 Å². The van der Waals surface area contributed by atoms with E-state index in [1.54, 1.807) is 0 Å². The van der Waals surface area contributed by atoms with Gasteiger partial charge in [-0.3, -0.25) is 0 Å². The summed E-state index contributed by atoms with van der Waals surface area (Å²) in [7, 11) is 0. The maximum atomic E-state index is 12.6. The fourth-order valence-corrected chi connectivity index (χ4v) is 3.45. The number of benzene rings is 2. The maximum Gasteiger partial charge on any atom is 0.323 e. The summed E-state index contributed by atoms with van der Waals surface area (Å²) in [5.74, 6) is 0. The van der Waals surface area contributed by atoms with Crippen LogP contribution in [0.4, 0.5) is 16.2 Å². The molecule has 0 unspecified atom stereocenters. The third-order valence-electron chi connectivity index (χ3n) is 5.18. The molecular weight excluding hydrogens is 324 g/mol. The van der Waals surface area contributed by atoms with Crippen LogP contribution in [0, 0.1) is 27.7 Å². The Balaban J connectivity index is 1.64. The van der Waals surface area contributed by atoms with E-state index in [1.807, 2.05) is 38.1 Å². The van der Waals surface area contributed by atoms with Crippen molar-refractivity contribution in [2.45, 2.75) is 27.7 Å². The standard InChI is InChI=1S/C21H22N4O/c1-11-13(3)22-19-15(11)7-5-9-17(19)24-21(26)25-18-10-6-8-16-12(2)14(4)23-20(16)18/h5-10,22-23H,1-4H3,(H2,24,25,26). The molecule has 0 atom stereocenters. The third kappa shape index (κ3) is 2.52. The van der Waals surface area contributed by atoms with Crippen LogP contribution < -0.4 is 10.6 Å². The normalized spacial score (nSPS) is 11.2. The second kappa shape index (κ2) is 5.95. The zero-order chi connectivity index (χ0) is 18.4. The van der Waals surface area contributed by atoms with Crippen LogP contribution in [-0.4, -0.2) is 16.0 Å². The first kappa shape index (κ1) is 16.3. The van der Waals surface area contributed by atoms with Crippen LogP contribution in [0.5, 0.6) is 0 Å². The summed E-state index contributed by atoms with van der Waals surface area (Å²) >= 11 is 0. The number of H-pyrrole nitrogens is 2. The third-order valence-corrected chi connectivity index (χ3v) is 5.18. The Hall–Kier alpha value is -3.21. The second-order valence-corrected chi connectivity index (χ2v) is 6.79. The number of rotatable bonds is 2. The molecule has 2 amide bonds. The van der Waals surface area contributed by atoms with Crippen molar-refractivity contribution in [2.24, 2.45) is 0 Å². The molecule has 2 aromatic heterocycles. The van der Waals surface area contributed by atoms with Gasteiger partial charge >= 0.3 is 6.03 Å². The lowest BCUT2D eigenvalue weighted by atomic mass is 10.1. The first-order chi connectivity index (χ1) is 12.5. The molecule has 0 spiro atoms. The molecule has 4 rings (SSSR count). The molecule has 26 heavy (non-hydrogen) atoms. The number of nitrogens with one attached hydrogen (secondary N) is 4. The minimum absolute atomic E-state index is 0.264. The van der Waals surface area contributed by atoms with Crippen molar-refractivity contribution in [3.63, 3.8) is 0 Å². The van der Waals surface area contributed by atoms with E-state index in [4.69, 9.17) is 0 Å². The molecule has 5 heteroatoms. The summed E-state index contributed by atoms with van der Waals surface area (Å²) in [5, 5.41) is 8.18. The molecule has 0 aliphatic carbocycles. The van der Waals surface area contributed by atoms with Crippen LogP contribution in [0.2, 0.25) is 0 Å². The van der Waals surface area contributed by atoms with Crippen LogP contribution in [0.15, 0.2) is 36.4 Å². The van der Waals surface area contributed by atoms with E-state index in [0.29, 0.717) is 0 Å². The Labute approximate surface area is 151 Å². The Morgan fingerprint density at radius 2 is 1.15 bits per heavy atom. The van der Waals surface area contributed by atoms with Crippen molar-refractivity contribution < 1.29 is 4.79 Å². The van der Waals surface area contributed by atoms with Crippen LogP contribution >= 0.6 is 0 Å². The van der Waals surface area contributed by atoms with Crippen molar-refractivity contribution in [1.82, 2.24) is 9.97 Å². The molecule has 0 bridgehead atoms. The van der Waals surface area contributed by atoms with Crippen LogP contribution in [0.3, 0.4) is 0 Å². The Morgan fingerprint density at radius 3 is 1.58 bits per heavy atom. The molecule has 0 fully saturated rings. The van der Waals surface area contributed by atoms with Crippen LogP contribution in [-0.2, 0) is 0 Å². The summed E-state index contributed by atoms with van der Waals surface area (Å²) < 4.78 is 0. The molecule has 0 radical (unpaired) electrons. The largest absolute Gasteiger partial charge is 0.357 e. The number of aromatic amines is 2. The van der Waals surface area contributed by atoms with Gasteiger partial charge in [-0.15, -0.1) is 0 Å². The van der Waals surface area contributed by atoms with Gasteiger partial charge in [0.2, 0.25) is 0 Å². The highest BCUT2D eigenvalue weighted by atomic mass is 16.2. The number of hydrogen-bond donors (Lipinski definition) is 4. The molecule has 0 aliphatic rings. The average molecular weight is 346 g/mol. The topological polar surface area (TPSA) is 72.7 Å². The highest BCUT2D eigenvalue weighted by Crippen LogP contribution is 2.29. The smallest absolute Gasteiger partial charge is 0.323 e. The molecule has 5 nitrogen and oxygen atoms in total. The lowest BCUT2D eigenvalue weighted by molar-refractivity contribution is 0.262. The summed E-state index contributed by atoms with van der Waals surface area (Å²) in [6.45, 7) is 8.23. The Bertz CT molecular complexity index is 1060. The van der Waals surface area contributed by atoms with E-state index in [9.17, 15) is 4.79 Å². The van der Waals surface area contributed by atoms with E-state index in [1.165, 1.54) is 11.1 Å². The van der Waals surface area contributed by atoms with Gasteiger partial charge in [-0.05, 0) is 51.0 Å². The van der Waals surface area contributed by atoms with E-state index >= 15 is 0 Å². The van der Waals surface area contributed by atoms with Gasteiger partial charge in [0, 0.05) is 22.2 Å². The molecule has 2 heterocycles. The molecule has 4 aromatic rings. The number of aryl methyl sites for hydroxylation is 4. The SMILES string of the molecule is Cc1[nH]c2c(NC(=O)Nc3cccc4c(C)c(C)[nH]c34)cccc2c1C. The minimum atomic E-state index is -0.264. The number of para-hydroxylation sites is 2. The van der Waals surface area contributed by atoms with Crippen molar-refractivity contribution in [2.75, 3.05) is 10.6 Å². The lowest BCUT2D eigenvalue weighted by Gasteiger charge is -2.10. The molecule has 0 aliphatic heterocycles. The Kier molecular flexibility index (Phi) is 3.72. The van der Waals surface area contributed by atoms with E-state index in [2.05, 4.69) is 46.6 Å². The van der Waals surface area contributed by atoms with Crippen LogP contribution in [0.1, 0.15) is 22.5 Å². The first-order valence-electron chi connectivity index (χ1n) is 8.69. The van der Waals surface area contributed by atoms with Gasteiger partial charge in [0.1, 0.15) is 0 Å². The van der Waals surface area contributed by atoms with Gasteiger partial charge in [0.05, 0.1) is 22.4 Å². The monoisotopic (exact) mass is 346 g/mol. The fourth-order valence-electron chi connectivity index (χ4n) is 3.45. The van der Waals surface area contributed by atoms with Gasteiger partial charge in [0.15, 0.2) is 0 Å². The Morgan fingerprint density at radius 1 is 0.731 bits per heavy atom. The maximum absolute atomic E-state index is 12.6. The van der Waals surface area contributed by atoms with Crippen molar-refractivity contribution >= 4 is 39.2 Å². The predicted molar refractivity (Wildman–Crippen MR) is 108 cm³/mol. The number of fused-ring (bicyclic) bond motifs is 2. The highest BCUT2D eigenvalue weighted by molar-refractivity contribution is 6.09. The number of anilines is 2. The van der Waals surface area contributed by atoms with Gasteiger partial charge in [-0.1, -0.05) is 24.3 Å². The zero-order valence-corrected chi connectivity index (χ0v) is 15.4. The zero-order valence-electron chi connectivity index (χ0n) is 15.4. The van der Waals surface area contributed by atoms with Crippen molar-refractivity contribution in [3.8, 4) is 0 Å². The molecule has 2 aromatic carbocycles. The predicted octanol–water partition coefficient (Wildman–Crippen LogP) is 5.53. The molecule has 0 saturated carbocycles. The summed E-state index contributed by atoms with van der Waals surface area (Å²) in [6, 6.07) is 11.6. The lowest BCUT2D eigenvalue weighted by Crippen LogP contribution is -2.19. The quantitative estimate of drug-likeness (QED) is 0.379. The molecular formula is C21H22N4O. The summed E-state index contributed by atoms with van der Waals surface area (Å²) in [4.78, 5) is 19.3. The summed E-state index contributed by atoms with van der Waals surface area (Å²) in [5.41, 5.74) is 8.04.